The summed E-state index contributed by atoms with van der Waals surface area (Å²) >= 11 is 12.1. The molecule has 0 bridgehead atoms. The third-order valence-corrected chi connectivity index (χ3v) is 8.26. The molecular weight excluding hydrogens is 495 g/mol. The first-order chi connectivity index (χ1) is 16.2. The van der Waals surface area contributed by atoms with Crippen LogP contribution in [-0.4, -0.2) is 19.5 Å². The van der Waals surface area contributed by atoms with E-state index in [1.165, 1.54) is 12.1 Å². The Labute approximate surface area is 207 Å². The van der Waals surface area contributed by atoms with Gasteiger partial charge in [-0.2, -0.15) is 0 Å². The lowest BCUT2D eigenvalue weighted by molar-refractivity contribution is 0.0697. The topological polar surface area (TPSA) is 95.5 Å². The standard InChI is InChI=1S/C25H20Cl2N2O4S/c26-16-8-10-21(27)23(12-16)29-34(32,33)17-9-11-22-20(13-17)18-2-1-3-19(18)24(28-22)14-4-6-15(7-5-14)25(30)31/h1-2,4-13,18-19,24,28-29H,3H2,(H,30,31)/t18-,19-,24+/m1/s1. The molecule has 0 fully saturated rings. The number of benzene rings is 3. The second kappa shape index (κ2) is 8.65. The lowest BCUT2D eigenvalue weighted by Gasteiger charge is -2.37. The van der Waals surface area contributed by atoms with Gasteiger partial charge in [0.1, 0.15) is 0 Å². The van der Waals surface area contributed by atoms with E-state index >= 15 is 0 Å². The van der Waals surface area contributed by atoms with Crippen LogP contribution in [-0.2, 0) is 10.0 Å². The molecule has 0 spiro atoms. The predicted octanol–water partition coefficient (Wildman–Crippen LogP) is 6.32. The average molecular weight is 515 g/mol. The van der Waals surface area contributed by atoms with Crippen molar-refractivity contribution in [2.75, 3.05) is 10.0 Å². The number of allylic oxidation sites excluding steroid dienone is 2. The summed E-state index contributed by atoms with van der Waals surface area (Å²) in [6.07, 6.45) is 5.05. The molecular formula is C25H20Cl2N2O4S. The summed E-state index contributed by atoms with van der Waals surface area (Å²) in [7, 11) is -3.89. The minimum absolute atomic E-state index is 0.0267. The quantitative estimate of drug-likeness (QED) is 0.346. The highest BCUT2D eigenvalue weighted by Gasteiger charge is 2.38. The molecule has 1 aliphatic heterocycles. The van der Waals surface area contributed by atoms with Crippen LogP contribution in [0.5, 0.6) is 0 Å². The van der Waals surface area contributed by atoms with Crippen LogP contribution in [0.25, 0.3) is 0 Å². The SMILES string of the molecule is O=C(O)c1ccc([C@@H]2Nc3ccc(S(=O)(=O)Nc4cc(Cl)ccc4Cl)cc3[C@@H]3C=CC[C@H]32)cc1. The van der Waals surface area contributed by atoms with E-state index in [0.717, 1.165) is 23.2 Å². The molecule has 0 amide bonds. The first-order valence-corrected chi connectivity index (χ1v) is 12.8. The highest BCUT2D eigenvalue weighted by molar-refractivity contribution is 7.92. The summed E-state index contributed by atoms with van der Waals surface area (Å²) in [5, 5.41) is 13.3. The molecule has 174 valence electrons. The van der Waals surface area contributed by atoms with Crippen molar-refractivity contribution in [3.05, 3.63) is 99.6 Å². The Hall–Kier alpha value is -3.00. The fraction of sp³-hybridized carbons (Fsp3) is 0.160. The Balaban J connectivity index is 1.47. The fourth-order valence-corrected chi connectivity index (χ4v) is 6.18. The number of fused-ring (bicyclic) bond motifs is 3. The van der Waals surface area contributed by atoms with Crippen molar-refractivity contribution >= 4 is 50.6 Å². The van der Waals surface area contributed by atoms with Crippen LogP contribution in [0.3, 0.4) is 0 Å². The van der Waals surface area contributed by atoms with Crippen LogP contribution >= 0.6 is 23.2 Å². The monoisotopic (exact) mass is 514 g/mol. The highest BCUT2D eigenvalue weighted by atomic mass is 35.5. The molecule has 6 nitrogen and oxygen atoms in total. The Bertz CT molecular complexity index is 1420. The third-order valence-electron chi connectivity index (χ3n) is 6.33. The highest BCUT2D eigenvalue weighted by Crippen LogP contribution is 2.50. The smallest absolute Gasteiger partial charge is 0.335 e. The lowest BCUT2D eigenvalue weighted by Crippen LogP contribution is -2.29. The molecule has 3 atom stereocenters. The number of aromatic carboxylic acids is 1. The Morgan fingerprint density at radius 2 is 1.79 bits per heavy atom. The summed E-state index contributed by atoms with van der Waals surface area (Å²) in [4.78, 5) is 11.3. The molecule has 5 rings (SSSR count). The van der Waals surface area contributed by atoms with Crippen LogP contribution < -0.4 is 10.0 Å². The largest absolute Gasteiger partial charge is 0.478 e. The number of carboxylic acid groups (broad SMARTS) is 1. The van der Waals surface area contributed by atoms with Gasteiger partial charge in [-0.05, 0) is 72.0 Å². The average Bonchev–Trinajstić information content (AvgIpc) is 3.31. The first kappa shape index (κ1) is 22.8. The van der Waals surface area contributed by atoms with Crippen LogP contribution in [0.15, 0.2) is 77.7 Å². The van der Waals surface area contributed by atoms with Crippen molar-refractivity contribution in [1.29, 1.82) is 0 Å². The zero-order valence-corrected chi connectivity index (χ0v) is 20.0. The van der Waals surface area contributed by atoms with E-state index in [2.05, 4.69) is 22.2 Å². The molecule has 0 radical (unpaired) electrons. The zero-order valence-electron chi connectivity index (χ0n) is 17.7. The minimum Gasteiger partial charge on any atom is -0.478 e. The number of sulfonamides is 1. The summed E-state index contributed by atoms with van der Waals surface area (Å²) in [5.41, 5.74) is 3.19. The van der Waals surface area contributed by atoms with E-state index in [9.17, 15) is 18.3 Å². The number of halogens is 2. The summed E-state index contributed by atoms with van der Waals surface area (Å²) in [5.74, 6) is -0.753. The maximum Gasteiger partial charge on any atom is 0.335 e. The van der Waals surface area contributed by atoms with Gasteiger partial charge >= 0.3 is 5.97 Å². The molecule has 0 unspecified atom stereocenters. The maximum absolute atomic E-state index is 13.1. The number of rotatable bonds is 5. The summed E-state index contributed by atoms with van der Waals surface area (Å²) in [6, 6.07) is 16.5. The predicted molar refractivity (Wildman–Crippen MR) is 133 cm³/mol. The van der Waals surface area contributed by atoms with Crippen molar-refractivity contribution < 1.29 is 18.3 Å². The molecule has 1 aliphatic carbocycles. The maximum atomic E-state index is 13.1. The van der Waals surface area contributed by atoms with Crippen molar-refractivity contribution in [2.45, 2.75) is 23.3 Å². The van der Waals surface area contributed by atoms with Crippen molar-refractivity contribution in [3.63, 3.8) is 0 Å². The summed E-state index contributed by atoms with van der Waals surface area (Å²) in [6.45, 7) is 0. The van der Waals surface area contributed by atoms with Crippen molar-refractivity contribution in [3.8, 4) is 0 Å². The second-order valence-electron chi connectivity index (χ2n) is 8.38. The van der Waals surface area contributed by atoms with Gasteiger partial charge in [0.2, 0.25) is 0 Å². The number of nitrogens with one attached hydrogen (secondary N) is 2. The number of hydrogen-bond acceptors (Lipinski definition) is 4. The van der Waals surface area contributed by atoms with Gasteiger partial charge in [-0.3, -0.25) is 4.72 Å². The number of anilines is 2. The van der Waals surface area contributed by atoms with Crippen molar-refractivity contribution in [1.82, 2.24) is 0 Å². The molecule has 2 aliphatic rings. The van der Waals surface area contributed by atoms with Crippen LogP contribution in [0.4, 0.5) is 11.4 Å². The van der Waals surface area contributed by atoms with Gasteiger partial charge < -0.3 is 10.4 Å². The molecule has 0 aromatic heterocycles. The molecule has 3 N–H and O–H groups in total. The second-order valence-corrected chi connectivity index (χ2v) is 10.9. The lowest BCUT2D eigenvalue weighted by atomic mass is 9.77. The molecule has 9 heteroatoms. The number of carbonyl (C=O) groups is 1. The van der Waals surface area contributed by atoms with E-state index in [4.69, 9.17) is 23.2 Å². The van der Waals surface area contributed by atoms with E-state index in [-0.39, 0.29) is 39.0 Å². The van der Waals surface area contributed by atoms with E-state index in [1.807, 2.05) is 12.1 Å². The number of hydrogen-bond donors (Lipinski definition) is 3. The Morgan fingerprint density at radius 1 is 1.03 bits per heavy atom. The Morgan fingerprint density at radius 3 is 2.53 bits per heavy atom. The van der Waals surface area contributed by atoms with Gasteiger partial charge in [0.05, 0.1) is 27.2 Å². The molecule has 1 heterocycles. The zero-order chi connectivity index (χ0) is 24.0. The van der Waals surface area contributed by atoms with E-state index in [1.54, 1.807) is 36.4 Å². The van der Waals surface area contributed by atoms with Crippen LogP contribution in [0.2, 0.25) is 10.0 Å². The number of carboxylic acids is 1. The minimum atomic E-state index is -3.89. The molecule has 3 aromatic rings. The normalized spacial score (nSPS) is 20.8. The van der Waals surface area contributed by atoms with Gasteiger partial charge in [-0.15, -0.1) is 0 Å². The van der Waals surface area contributed by atoms with Crippen molar-refractivity contribution in [2.24, 2.45) is 5.92 Å². The first-order valence-electron chi connectivity index (χ1n) is 10.6. The van der Waals surface area contributed by atoms with Gasteiger partial charge in [0.15, 0.2) is 0 Å². The van der Waals surface area contributed by atoms with Crippen LogP contribution in [0.1, 0.15) is 39.9 Å². The van der Waals surface area contributed by atoms with Crippen LogP contribution in [0, 0.1) is 5.92 Å². The molecule has 3 aromatic carbocycles. The third kappa shape index (κ3) is 4.15. The molecule has 0 saturated carbocycles. The van der Waals surface area contributed by atoms with E-state index < -0.39 is 16.0 Å². The van der Waals surface area contributed by atoms with Gasteiger partial charge in [0, 0.05) is 16.6 Å². The van der Waals surface area contributed by atoms with Gasteiger partial charge in [-0.25, -0.2) is 13.2 Å². The molecule has 34 heavy (non-hydrogen) atoms. The van der Waals surface area contributed by atoms with E-state index in [0.29, 0.717) is 5.02 Å². The fourth-order valence-electron chi connectivity index (χ4n) is 4.68. The summed E-state index contributed by atoms with van der Waals surface area (Å²) < 4.78 is 28.8. The van der Waals surface area contributed by atoms with Gasteiger partial charge in [0.25, 0.3) is 10.0 Å². The van der Waals surface area contributed by atoms with Gasteiger partial charge in [-0.1, -0.05) is 47.5 Å². The Kier molecular flexibility index (Phi) is 5.80. The molecule has 0 saturated heterocycles.